The van der Waals surface area contributed by atoms with Crippen LogP contribution in [0.25, 0.3) is 11.1 Å². The van der Waals surface area contributed by atoms with Gasteiger partial charge in [0.05, 0.1) is 0 Å². The minimum atomic E-state index is -1.19. The molecule has 0 aromatic heterocycles. The van der Waals surface area contributed by atoms with E-state index in [2.05, 4.69) is 29.6 Å². The fourth-order valence-corrected chi connectivity index (χ4v) is 5.78. The molecule has 5 rings (SSSR count). The van der Waals surface area contributed by atoms with Crippen LogP contribution < -0.4 is 5.32 Å². The van der Waals surface area contributed by atoms with E-state index in [1.807, 2.05) is 24.3 Å². The number of hydrogen-bond donors (Lipinski definition) is 2. The van der Waals surface area contributed by atoms with E-state index in [-0.39, 0.29) is 12.5 Å². The Morgan fingerprint density at radius 1 is 0.966 bits per heavy atom. The minimum absolute atomic E-state index is 0.0311. The monoisotopic (exact) mass is 391 g/mol. The highest BCUT2D eigenvalue weighted by Crippen LogP contribution is 2.47. The van der Waals surface area contributed by atoms with E-state index < -0.39 is 17.6 Å². The van der Waals surface area contributed by atoms with Crippen LogP contribution in [-0.4, -0.2) is 29.3 Å². The summed E-state index contributed by atoms with van der Waals surface area (Å²) < 4.78 is 5.60. The molecule has 5 heteroatoms. The standard InChI is InChI=1S/C24H25NO4/c26-22(27)24(12-15-9-10-16(11-15)13-24)25-23(28)29-14-21-19-7-3-1-5-17(19)18-6-2-4-8-20(18)21/h1-8,15-16,21H,9-14H2,(H,25,28)(H,26,27). The SMILES string of the molecule is O=C(NC1(C(=O)O)CC2CCC(C2)C1)OCC1c2ccccc2-c2ccccc21. The number of carbonyl (C=O) groups is 2. The molecule has 1 amide bonds. The topological polar surface area (TPSA) is 75.6 Å². The highest BCUT2D eigenvalue weighted by Gasteiger charge is 2.50. The van der Waals surface area contributed by atoms with Crippen LogP contribution in [0.15, 0.2) is 48.5 Å². The van der Waals surface area contributed by atoms with Crippen molar-refractivity contribution in [3.8, 4) is 11.1 Å². The van der Waals surface area contributed by atoms with Crippen LogP contribution in [0.1, 0.15) is 49.1 Å². The third-order valence-corrected chi connectivity index (χ3v) is 7.02. The van der Waals surface area contributed by atoms with E-state index in [9.17, 15) is 14.7 Å². The number of benzene rings is 2. The van der Waals surface area contributed by atoms with Crippen LogP contribution in [-0.2, 0) is 9.53 Å². The normalized spacial score (nSPS) is 27.2. The van der Waals surface area contributed by atoms with Gasteiger partial charge in [0.1, 0.15) is 12.1 Å². The molecule has 2 unspecified atom stereocenters. The quantitative estimate of drug-likeness (QED) is 0.801. The second-order valence-corrected chi connectivity index (χ2v) is 8.79. The van der Waals surface area contributed by atoms with Crippen molar-refractivity contribution >= 4 is 12.1 Å². The fourth-order valence-electron chi connectivity index (χ4n) is 5.78. The Morgan fingerprint density at radius 2 is 1.52 bits per heavy atom. The maximum absolute atomic E-state index is 12.6. The summed E-state index contributed by atoms with van der Waals surface area (Å²) in [6, 6.07) is 16.3. The van der Waals surface area contributed by atoms with Crippen molar-refractivity contribution in [2.45, 2.75) is 43.6 Å². The van der Waals surface area contributed by atoms with Gasteiger partial charge < -0.3 is 15.2 Å². The van der Waals surface area contributed by atoms with Crippen LogP contribution >= 0.6 is 0 Å². The summed E-state index contributed by atoms with van der Waals surface area (Å²) in [5.74, 6) is -0.198. The predicted octanol–water partition coefficient (Wildman–Crippen LogP) is 4.56. The van der Waals surface area contributed by atoms with Crippen LogP contribution in [0.2, 0.25) is 0 Å². The second kappa shape index (κ2) is 6.90. The molecule has 2 bridgehead atoms. The number of carboxylic acid groups (broad SMARTS) is 1. The van der Waals surface area contributed by atoms with Gasteiger partial charge in [0, 0.05) is 5.92 Å². The number of hydrogen-bond acceptors (Lipinski definition) is 3. The predicted molar refractivity (Wildman–Crippen MR) is 109 cm³/mol. The molecule has 0 radical (unpaired) electrons. The summed E-state index contributed by atoms with van der Waals surface area (Å²) >= 11 is 0. The van der Waals surface area contributed by atoms with Gasteiger partial charge in [-0.3, -0.25) is 0 Å². The average Bonchev–Trinajstić information content (AvgIpc) is 3.23. The number of rotatable bonds is 4. The van der Waals surface area contributed by atoms with E-state index in [4.69, 9.17) is 4.74 Å². The molecule has 29 heavy (non-hydrogen) atoms. The zero-order chi connectivity index (χ0) is 20.0. The summed E-state index contributed by atoms with van der Waals surface area (Å²) in [5, 5.41) is 12.6. The average molecular weight is 391 g/mol. The largest absolute Gasteiger partial charge is 0.480 e. The number of amides is 1. The number of nitrogens with one attached hydrogen (secondary N) is 1. The molecular formula is C24H25NO4. The Kier molecular flexibility index (Phi) is 4.34. The smallest absolute Gasteiger partial charge is 0.408 e. The van der Waals surface area contributed by atoms with Gasteiger partial charge in [-0.15, -0.1) is 0 Å². The van der Waals surface area contributed by atoms with Gasteiger partial charge in [-0.05, 0) is 53.4 Å². The number of ether oxygens (including phenoxy) is 1. The zero-order valence-corrected chi connectivity index (χ0v) is 16.3. The molecule has 5 nitrogen and oxygen atoms in total. The lowest BCUT2D eigenvalue weighted by atomic mass is 9.75. The van der Waals surface area contributed by atoms with E-state index in [1.54, 1.807) is 0 Å². The Hall–Kier alpha value is -2.82. The Morgan fingerprint density at radius 3 is 2.07 bits per heavy atom. The van der Waals surface area contributed by atoms with Crippen molar-refractivity contribution in [1.82, 2.24) is 5.32 Å². The highest BCUT2D eigenvalue weighted by molar-refractivity contribution is 5.85. The first-order valence-corrected chi connectivity index (χ1v) is 10.4. The maximum atomic E-state index is 12.6. The molecule has 0 heterocycles. The molecule has 0 aliphatic heterocycles. The van der Waals surface area contributed by atoms with Gasteiger partial charge >= 0.3 is 12.1 Å². The highest BCUT2D eigenvalue weighted by atomic mass is 16.5. The molecule has 2 saturated carbocycles. The summed E-state index contributed by atoms with van der Waals surface area (Å²) in [6.45, 7) is 0.197. The van der Waals surface area contributed by atoms with E-state index >= 15 is 0 Å². The lowest BCUT2D eigenvalue weighted by Gasteiger charge is -2.37. The molecule has 2 atom stereocenters. The zero-order valence-electron chi connectivity index (χ0n) is 16.3. The molecule has 2 aromatic rings. The van der Waals surface area contributed by atoms with Crippen LogP contribution in [0.4, 0.5) is 4.79 Å². The fraction of sp³-hybridized carbons (Fsp3) is 0.417. The van der Waals surface area contributed by atoms with Crippen LogP contribution in [0.5, 0.6) is 0 Å². The van der Waals surface area contributed by atoms with Gasteiger partial charge in [-0.2, -0.15) is 0 Å². The maximum Gasteiger partial charge on any atom is 0.408 e. The first kappa shape index (κ1) is 18.2. The summed E-state index contributed by atoms with van der Waals surface area (Å²) in [7, 11) is 0. The van der Waals surface area contributed by atoms with Gasteiger partial charge in [-0.25, -0.2) is 9.59 Å². The van der Waals surface area contributed by atoms with Crippen LogP contribution in [0.3, 0.4) is 0 Å². The lowest BCUT2D eigenvalue weighted by molar-refractivity contribution is -0.147. The molecular weight excluding hydrogens is 366 g/mol. The molecule has 3 aliphatic carbocycles. The number of carboxylic acids is 1. The van der Waals surface area contributed by atoms with E-state index in [1.165, 1.54) is 11.1 Å². The summed E-state index contributed by atoms with van der Waals surface area (Å²) in [5.41, 5.74) is 3.44. The lowest BCUT2D eigenvalue weighted by Crippen LogP contribution is -2.57. The van der Waals surface area contributed by atoms with Crippen molar-refractivity contribution in [2.75, 3.05) is 6.61 Å². The van der Waals surface area contributed by atoms with Gasteiger partial charge in [-0.1, -0.05) is 61.4 Å². The van der Waals surface area contributed by atoms with E-state index in [0.717, 1.165) is 30.4 Å². The summed E-state index contributed by atoms with van der Waals surface area (Å²) in [4.78, 5) is 24.7. The first-order chi connectivity index (χ1) is 14.1. The Bertz CT molecular complexity index is 911. The molecule has 2 aromatic carbocycles. The van der Waals surface area contributed by atoms with Crippen molar-refractivity contribution < 1.29 is 19.4 Å². The summed E-state index contributed by atoms with van der Waals surface area (Å²) in [6.07, 6.45) is 3.58. The van der Waals surface area contributed by atoms with Crippen molar-refractivity contribution in [3.63, 3.8) is 0 Å². The number of alkyl carbamates (subject to hydrolysis) is 1. The third-order valence-electron chi connectivity index (χ3n) is 7.02. The molecule has 3 aliphatic rings. The number of carbonyl (C=O) groups excluding carboxylic acids is 1. The third kappa shape index (κ3) is 3.09. The minimum Gasteiger partial charge on any atom is -0.480 e. The molecule has 0 spiro atoms. The van der Waals surface area contributed by atoms with Gasteiger partial charge in [0.15, 0.2) is 0 Å². The molecule has 0 saturated heterocycles. The van der Waals surface area contributed by atoms with E-state index in [0.29, 0.717) is 24.7 Å². The van der Waals surface area contributed by atoms with Gasteiger partial charge in [0.25, 0.3) is 0 Å². The van der Waals surface area contributed by atoms with Crippen molar-refractivity contribution in [1.29, 1.82) is 0 Å². The Labute approximate surface area is 170 Å². The molecule has 2 N–H and O–H groups in total. The number of aliphatic carboxylic acids is 1. The molecule has 150 valence electrons. The van der Waals surface area contributed by atoms with Crippen molar-refractivity contribution in [3.05, 3.63) is 59.7 Å². The first-order valence-electron chi connectivity index (χ1n) is 10.4. The Balaban J connectivity index is 1.31. The van der Waals surface area contributed by atoms with Crippen molar-refractivity contribution in [2.24, 2.45) is 11.8 Å². The second-order valence-electron chi connectivity index (χ2n) is 8.79. The number of fused-ring (bicyclic) bond motifs is 5. The van der Waals surface area contributed by atoms with Gasteiger partial charge in [0.2, 0.25) is 0 Å². The van der Waals surface area contributed by atoms with Crippen LogP contribution in [0, 0.1) is 11.8 Å². The molecule has 2 fully saturated rings.